The highest BCUT2D eigenvalue weighted by Gasteiger charge is 2.15. The SMILES string of the molecule is Cc1ccccc1NS(=O)(=O)c1ccc2ccccc2c1. The van der Waals surface area contributed by atoms with Gasteiger partial charge in [0.2, 0.25) is 0 Å². The smallest absolute Gasteiger partial charge is 0.261 e. The average Bonchev–Trinajstić information content (AvgIpc) is 2.49. The Labute approximate surface area is 124 Å². The molecule has 0 aliphatic carbocycles. The maximum Gasteiger partial charge on any atom is 0.261 e. The predicted molar refractivity (Wildman–Crippen MR) is 85.9 cm³/mol. The molecule has 0 bridgehead atoms. The van der Waals surface area contributed by atoms with Crippen LogP contribution in [0.4, 0.5) is 5.69 Å². The van der Waals surface area contributed by atoms with E-state index in [1.54, 1.807) is 18.2 Å². The van der Waals surface area contributed by atoms with Crippen LogP contribution in [0.2, 0.25) is 0 Å². The number of nitrogens with one attached hydrogen (secondary N) is 1. The van der Waals surface area contributed by atoms with E-state index in [4.69, 9.17) is 0 Å². The van der Waals surface area contributed by atoms with Crippen LogP contribution in [0.3, 0.4) is 0 Å². The van der Waals surface area contributed by atoms with Gasteiger partial charge in [0.15, 0.2) is 0 Å². The molecule has 3 nitrogen and oxygen atoms in total. The summed E-state index contributed by atoms with van der Waals surface area (Å²) >= 11 is 0. The van der Waals surface area contributed by atoms with E-state index in [0.717, 1.165) is 16.3 Å². The van der Waals surface area contributed by atoms with Crippen LogP contribution >= 0.6 is 0 Å². The van der Waals surface area contributed by atoms with Crippen molar-refractivity contribution in [3.05, 3.63) is 72.3 Å². The van der Waals surface area contributed by atoms with Crippen LogP contribution in [0.15, 0.2) is 71.6 Å². The summed E-state index contributed by atoms with van der Waals surface area (Å²) in [6.45, 7) is 1.87. The number of sulfonamides is 1. The van der Waals surface area contributed by atoms with Crippen LogP contribution in [-0.4, -0.2) is 8.42 Å². The Morgan fingerprint density at radius 3 is 2.24 bits per heavy atom. The molecule has 0 spiro atoms. The van der Waals surface area contributed by atoms with Gasteiger partial charge in [-0.25, -0.2) is 8.42 Å². The minimum atomic E-state index is -3.58. The molecule has 0 saturated heterocycles. The highest BCUT2D eigenvalue weighted by Crippen LogP contribution is 2.22. The molecule has 3 rings (SSSR count). The van der Waals surface area contributed by atoms with Gasteiger partial charge in [-0.2, -0.15) is 0 Å². The molecule has 0 fully saturated rings. The maximum absolute atomic E-state index is 12.5. The van der Waals surface area contributed by atoms with E-state index in [1.807, 2.05) is 55.5 Å². The number of hydrogen-bond donors (Lipinski definition) is 1. The largest absolute Gasteiger partial charge is 0.279 e. The first-order valence-corrected chi connectivity index (χ1v) is 8.12. The first kappa shape index (κ1) is 13.6. The Bertz CT molecular complexity index is 901. The van der Waals surface area contributed by atoms with Crippen molar-refractivity contribution >= 4 is 26.5 Å². The lowest BCUT2D eigenvalue weighted by Crippen LogP contribution is -2.13. The molecule has 0 aromatic heterocycles. The van der Waals surface area contributed by atoms with Gasteiger partial charge in [0, 0.05) is 0 Å². The summed E-state index contributed by atoms with van der Waals surface area (Å²) < 4.78 is 27.6. The number of aryl methyl sites for hydroxylation is 1. The van der Waals surface area contributed by atoms with Gasteiger partial charge in [-0.05, 0) is 41.5 Å². The number of rotatable bonds is 3. The molecule has 1 N–H and O–H groups in total. The summed E-state index contributed by atoms with van der Waals surface area (Å²) in [6.07, 6.45) is 0. The lowest BCUT2D eigenvalue weighted by Gasteiger charge is -2.11. The third-order valence-corrected chi connectivity index (χ3v) is 4.78. The molecule has 0 radical (unpaired) electrons. The molecule has 0 amide bonds. The lowest BCUT2D eigenvalue weighted by molar-refractivity contribution is 0.601. The molecule has 0 unspecified atom stereocenters. The van der Waals surface area contributed by atoms with E-state index in [0.29, 0.717) is 5.69 Å². The first-order valence-electron chi connectivity index (χ1n) is 6.63. The molecule has 0 saturated carbocycles. The van der Waals surface area contributed by atoms with Crippen molar-refractivity contribution in [3.63, 3.8) is 0 Å². The van der Waals surface area contributed by atoms with Crippen molar-refractivity contribution in [2.45, 2.75) is 11.8 Å². The monoisotopic (exact) mass is 297 g/mol. The number of anilines is 1. The van der Waals surface area contributed by atoms with E-state index in [-0.39, 0.29) is 4.90 Å². The number of fused-ring (bicyclic) bond motifs is 1. The van der Waals surface area contributed by atoms with Crippen LogP contribution < -0.4 is 4.72 Å². The summed E-state index contributed by atoms with van der Waals surface area (Å²) in [5.41, 5.74) is 1.49. The zero-order valence-corrected chi connectivity index (χ0v) is 12.4. The summed E-state index contributed by atoms with van der Waals surface area (Å²) in [5, 5.41) is 1.93. The Morgan fingerprint density at radius 1 is 0.810 bits per heavy atom. The minimum absolute atomic E-state index is 0.268. The third-order valence-electron chi connectivity index (χ3n) is 3.42. The molecular weight excluding hydrogens is 282 g/mol. The van der Waals surface area contributed by atoms with Crippen LogP contribution in [-0.2, 0) is 10.0 Å². The van der Waals surface area contributed by atoms with E-state index < -0.39 is 10.0 Å². The molecule has 0 atom stereocenters. The summed E-state index contributed by atoms with van der Waals surface area (Å²) in [5.74, 6) is 0. The second kappa shape index (κ2) is 5.22. The fraction of sp³-hybridized carbons (Fsp3) is 0.0588. The molecular formula is C17H15NO2S. The minimum Gasteiger partial charge on any atom is -0.279 e. The quantitative estimate of drug-likeness (QED) is 0.795. The van der Waals surface area contributed by atoms with E-state index in [9.17, 15) is 8.42 Å². The summed E-state index contributed by atoms with van der Waals surface area (Å²) in [6, 6.07) is 20.2. The molecule has 106 valence electrons. The average molecular weight is 297 g/mol. The number of hydrogen-bond acceptors (Lipinski definition) is 2. The van der Waals surface area contributed by atoms with E-state index in [1.165, 1.54) is 0 Å². The molecule has 0 heterocycles. The van der Waals surface area contributed by atoms with E-state index >= 15 is 0 Å². The Balaban J connectivity index is 2.02. The third kappa shape index (κ3) is 2.76. The second-order valence-electron chi connectivity index (χ2n) is 4.93. The van der Waals surface area contributed by atoms with Crippen LogP contribution in [0.1, 0.15) is 5.56 Å². The van der Waals surface area contributed by atoms with Crippen molar-refractivity contribution in [2.24, 2.45) is 0 Å². The number of para-hydroxylation sites is 1. The van der Waals surface area contributed by atoms with Gasteiger partial charge in [0.1, 0.15) is 0 Å². The number of benzene rings is 3. The van der Waals surface area contributed by atoms with Gasteiger partial charge in [-0.15, -0.1) is 0 Å². The summed E-state index contributed by atoms with van der Waals surface area (Å²) in [4.78, 5) is 0.268. The Kier molecular flexibility index (Phi) is 3.39. The van der Waals surface area contributed by atoms with Crippen molar-refractivity contribution in [3.8, 4) is 0 Å². The molecule has 0 aliphatic heterocycles. The maximum atomic E-state index is 12.5. The molecule has 4 heteroatoms. The van der Waals surface area contributed by atoms with Gasteiger partial charge in [-0.3, -0.25) is 4.72 Å². The predicted octanol–water partition coefficient (Wildman–Crippen LogP) is 3.95. The van der Waals surface area contributed by atoms with Crippen LogP contribution in [0.5, 0.6) is 0 Å². The van der Waals surface area contributed by atoms with Crippen LogP contribution in [0.25, 0.3) is 10.8 Å². The van der Waals surface area contributed by atoms with Gasteiger partial charge < -0.3 is 0 Å². The fourth-order valence-electron chi connectivity index (χ4n) is 2.23. The van der Waals surface area contributed by atoms with E-state index in [2.05, 4.69) is 4.72 Å². The zero-order valence-electron chi connectivity index (χ0n) is 11.6. The first-order chi connectivity index (χ1) is 10.1. The van der Waals surface area contributed by atoms with Gasteiger partial charge in [0.05, 0.1) is 10.6 Å². The normalized spacial score (nSPS) is 11.5. The fourth-order valence-corrected chi connectivity index (χ4v) is 3.39. The Hall–Kier alpha value is -2.33. The van der Waals surface area contributed by atoms with Crippen molar-refractivity contribution in [2.75, 3.05) is 4.72 Å². The van der Waals surface area contributed by atoms with Gasteiger partial charge in [0.25, 0.3) is 10.0 Å². The second-order valence-corrected chi connectivity index (χ2v) is 6.61. The standard InChI is InChI=1S/C17H15NO2S/c1-13-6-2-5-9-17(13)18-21(19,20)16-11-10-14-7-3-4-8-15(14)12-16/h2-12,18H,1H3. The van der Waals surface area contributed by atoms with Crippen molar-refractivity contribution in [1.82, 2.24) is 0 Å². The zero-order chi connectivity index (χ0) is 14.9. The summed E-state index contributed by atoms with van der Waals surface area (Å²) in [7, 11) is -3.58. The van der Waals surface area contributed by atoms with Crippen molar-refractivity contribution < 1.29 is 8.42 Å². The lowest BCUT2D eigenvalue weighted by atomic mass is 10.1. The Morgan fingerprint density at radius 2 is 1.48 bits per heavy atom. The molecule has 3 aromatic rings. The topological polar surface area (TPSA) is 46.2 Å². The highest BCUT2D eigenvalue weighted by molar-refractivity contribution is 7.92. The molecule has 0 aliphatic rings. The molecule has 3 aromatic carbocycles. The highest BCUT2D eigenvalue weighted by atomic mass is 32.2. The van der Waals surface area contributed by atoms with Gasteiger partial charge >= 0.3 is 0 Å². The van der Waals surface area contributed by atoms with Gasteiger partial charge in [-0.1, -0.05) is 48.5 Å². The van der Waals surface area contributed by atoms with Crippen LogP contribution in [0, 0.1) is 6.92 Å². The molecule has 21 heavy (non-hydrogen) atoms. The van der Waals surface area contributed by atoms with Crippen molar-refractivity contribution in [1.29, 1.82) is 0 Å².